The van der Waals surface area contributed by atoms with Crippen LogP contribution in [-0.2, 0) is 13.8 Å². The molecule has 0 saturated heterocycles. The summed E-state index contributed by atoms with van der Waals surface area (Å²) in [5, 5.41) is 0. The van der Waals surface area contributed by atoms with E-state index in [1.807, 2.05) is 0 Å². The Hall–Kier alpha value is -0.340. The largest absolute Gasteiger partial charge is 0.459 e. The number of hydrogen-bond donors (Lipinski definition) is 0. The number of hydrogen-bond acceptors (Lipinski definition) is 4. The lowest BCUT2D eigenvalue weighted by Crippen LogP contribution is -2.04. The Labute approximate surface area is 66.3 Å². The van der Waals surface area contributed by atoms with Crippen LogP contribution < -0.4 is 0 Å². The maximum Gasteiger partial charge on any atom is 0.391 e. The first-order chi connectivity index (χ1) is 5.04. The highest BCUT2D eigenvalue weighted by atomic mass is 31.2. The summed E-state index contributed by atoms with van der Waals surface area (Å²) in [6.45, 7) is 5.07. The zero-order chi connectivity index (χ0) is 8.91. The van der Waals surface area contributed by atoms with Crippen LogP contribution in [0.15, 0.2) is 0 Å². The van der Waals surface area contributed by atoms with Crippen molar-refractivity contribution < 1.29 is 18.6 Å². The van der Waals surface area contributed by atoms with E-state index in [1.165, 1.54) is 6.66 Å². The van der Waals surface area contributed by atoms with Gasteiger partial charge in [0.05, 0.1) is 13.2 Å². The van der Waals surface area contributed by atoms with E-state index in [1.54, 1.807) is 13.8 Å². The second kappa shape index (κ2) is 4.52. The third kappa shape index (κ3) is 3.54. The lowest BCUT2D eigenvalue weighted by Gasteiger charge is -2.09. The molecular formula is C6H13O4P. The topological polar surface area (TPSA) is 52.6 Å². The molecule has 0 bridgehead atoms. The van der Waals surface area contributed by atoms with Crippen LogP contribution in [0.4, 0.5) is 4.79 Å². The average molecular weight is 180 g/mol. The molecule has 0 N–H and O–H groups in total. The van der Waals surface area contributed by atoms with Crippen LogP contribution in [0.1, 0.15) is 13.8 Å². The first-order valence-corrected chi connectivity index (χ1v) is 5.51. The van der Waals surface area contributed by atoms with Gasteiger partial charge in [-0.05, 0) is 13.8 Å². The fourth-order valence-corrected chi connectivity index (χ4v) is 1.50. The molecule has 1 atom stereocenters. The van der Waals surface area contributed by atoms with Gasteiger partial charge >= 0.3 is 13.1 Å². The second-order valence-corrected chi connectivity index (χ2v) is 4.28. The van der Waals surface area contributed by atoms with E-state index >= 15 is 0 Å². The molecule has 0 aliphatic heterocycles. The van der Waals surface area contributed by atoms with Gasteiger partial charge in [-0.2, -0.15) is 0 Å². The molecule has 0 aromatic heterocycles. The zero-order valence-electron chi connectivity index (χ0n) is 6.99. The second-order valence-electron chi connectivity index (χ2n) is 1.96. The average Bonchev–Trinajstić information content (AvgIpc) is 1.88. The van der Waals surface area contributed by atoms with Crippen molar-refractivity contribution in [3.8, 4) is 0 Å². The van der Waals surface area contributed by atoms with Crippen LogP contribution in [0.2, 0.25) is 0 Å². The van der Waals surface area contributed by atoms with Crippen LogP contribution in [0.25, 0.3) is 0 Å². The van der Waals surface area contributed by atoms with E-state index in [9.17, 15) is 9.36 Å². The fourth-order valence-electron chi connectivity index (χ4n) is 0.540. The molecule has 0 spiro atoms. The van der Waals surface area contributed by atoms with Gasteiger partial charge in [0.15, 0.2) is 0 Å². The van der Waals surface area contributed by atoms with Gasteiger partial charge in [0, 0.05) is 6.66 Å². The van der Waals surface area contributed by atoms with Crippen molar-refractivity contribution in [1.29, 1.82) is 0 Å². The molecular weight excluding hydrogens is 167 g/mol. The Morgan fingerprint density at radius 3 is 2.27 bits per heavy atom. The third-order valence-corrected chi connectivity index (χ3v) is 2.52. The van der Waals surface area contributed by atoms with E-state index in [2.05, 4.69) is 4.74 Å². The van der Waals surface area contributed by atoms with Crippen LogP contribution in [0, 0.1) is 0 Å². The highest BCUT2D eigenvalue weighted by molar-refractivity contribution is 7.74. The summed E-state index contributed by atoms with van der Waals surface area (Å²) >= 11 is 0. The van der Waals surface area contributed by atoms with Crippen molar-refractivity contribution in [3.63, 3.8) is 0 Å². The van der Waals surface area contributed by atoms with E-state index in [0.717, 1.165) is 0 Å². The van der Waals surface area contributed by atoms with Crippen molar-refractivity contribution in [2.45, 2.75) is 13.8 Å². The summed E-state index contributed by atoms with van der Waals surface area (Å²) in [5.74, 6) is 0. The molecule has 1 unspecified atom stereocenters. The molecule has 0 amide bonds. The molecule has 0 rings (SSSR count). The molecule has 0 radical (unpaired) electrons. The van der Waals surface area contributed by atoms with Gasteiger partial charge in [-0.15, -0.1) is 0 Å². The molecule has 4 nitrogen and oxygen atoms in total. The van der Waals surface area contributed by atoms with E-state index in [4.69, 9.17) is 4.52 Å². The molecule has 0 fully saturated rings. The van der Waals surface area contributed by atoms with Gasteiger partial charge < -0.3 is 9.26 Å². The summed E-state index contributed by atoms with van der Waals surface area (Å²) in [4.78, 5) is 10.8. The fraction of sp³-hybridized carbons (Fsp3) is 0.833. The number of rotatable bonds is 4. The van der Waals surface area contributed by atoms with Crippen molar-refractivity contribution in [1.82, 2.24) is 0 Å². The lowest BCUT2D eigenvalue weighted by atomic mass is 10.9. The Kier molecular flexibility index (Phi) is 4.38. The molecule has 11 heavy (non-hydrogen) atoms. The van der Waals surface area contributed by atoms with Crippen molar-refractivity contribution in [2.75, 3.05) is 19.9 Å². The predicted octanol–water partition coefficient (Wildman–Crippen LogP) is 2.09. The van der Waals surface area contributed by atoms with Crippen LogP contribution >= 0.6 is 7.37 Å². The lowest BCUT2D eigenvalue weighted by molar-refractivity contribution is 0.172. The Bertz CT molecular complexity index is 177. The summed E-state index contributed by atoms with van der Waals surface area (Å²) in [6.07, 6.45) is 0. The molecule has 0 saturated carbocycles. The van der Waals surface area contributed by atoms with Crippen molar-refractivity contribution >= 4 is 13.1 Å². The van der Waals surface area contributed by atoms with Gasteiger partial charge in [0.1, 0.15) is 0 Å². The number of carbonyl (C=O) groups is 1. The normalized spacial score (nSPS) is 15.5. The van der Waals surface area contributed by atoms with Crippen LogP contribution in [0.3, 0.4) is 0 Å². The van der Waals surface area contributed by atoms with E-state index in [0.29, 0.717) is 0 Å². The minimum absolute atomic E-state index is 0.226. The van der Waals surface area contributed by atoms with E-state index in [-0.39, 0.29) is 13.2 Å². The predicted molar refractivity (Wildman–Crippen MR) is 42.2 cm³/mol. The Morgan fingerprint density at radius 1 is 1.36 bits per heavy atom. The molecule has 0 aromatic carbocycles. The van der Waals surface area contributed by atoms with Gasteiger partial charge in [-0.25, -0.2) is 4.79 Å². The molecule has 5 heteroatoms. The number of ether oxygens (including phenoxy) is 1. The smallest absolute Gasteiger partial charge is 0.391 e. The SMILES string of the molecule is CCOC(=O)P(C)(=O)OCC. The summed E-state index contributed by atoms with van der Waals surface area (Å²) < 4.78 is 20.5. The van der Waals surface area contributed by atoms with Crippen molar-refractivity contribution in [2.24, 2.45) is 0 Å². The molecule has 66 valence electrons. The maximum absolute atomic E-state index is 11.2. The standard InChI is InChI=1S/C6H13O4P/c1-4-9-6(7)11(3,8)10-5-2/h4-5H2,1-3H3. The highest BCUT2D eigenvalue weighted by Crippen LogP contribution is 2.44. The van der Waals surface area contributed by atoms with Gasteiger partial charge in [0.2, 0.25) is 0 Å². The Morgan fingerprint density at radius 2 is 1.91 bits per heavy atom. The minimum Gasteiger partial charge on any atom is -0.459 e. The first kappa shape index (κ1) is 10.7. The summed E-state index contributed by atoms with van der Waals surface area (Å²) in [5.41, 5.74) is -0.748. The molecule has 0 heterocycles. The maximum atomic E-state index is 11.2. The molecule has 0 aliphatic rings. The molecule has 0 aliphatic carbocycles. The highest BCUT2D eigenvalue weighted by Gasteiger charge is 2.27. The minimum atomic E-state index is -3.16. The quantitative estimate of drug-likeness (QED) is 0.621. The molecule has 0 aromatic rings. The van der Waals surface area contributed by atoms with Crippen LogP contribution in [-0.4, -0.2) is 25.6 Å². The van der Waals surface area contributed by atoms with Gasteiger partial charge in [0.25, 0.3) is 0 Å². The van der Waals surface area contributed by atoms with Gasteiger partial charge in [-0.3, -0.25) is 4.57 Å². The van der Waals surface area contributed by atoms with Gasteiger partial charge in [-0.1, -0.05) is 0 Å². The zero-order valence-corrected chi connectivity index (χ0v) is 7.89. The third-order valence-electron chi connectivity index (χ3n) is 0.975. The monoisotopic (exact) mass is 180 g/mol. The first-order valence-electron chi connectivity index (χ1n) is 3.44. The Balaban J connectivity index is 4.07. The summed E-state index contributed by atoms with van der Waals surface area (Å²) in [7, 11) is -3.16. The van der Waals surface area contributed by atoms with E-state index < -0.39 is 13.1 Å². The number of carbonyl (C=O) groups excluding carboxylic acids is 1. The van der Waals surface area contributed by atoms with Crippen molar-refractivity contribution in [3.05, 3.63) is 0 Å². The summed E-state index contributed by atoms with van der Waals surface area (Å²) in [6, 6.07) is 0. The van der Waals surface area contributed by atoms with Crippen LogP contribution in [0.5, 0.6) is 0 Å².